The van der Waals surface area contributed by atoms with Crippen LogP contribution in [-0.4, -0.2) is 80.2 Å². The lowest BCUT2D eigenvalue weighted by molar-refractivity contribution is 0.103. The second-order valence-electron chi connectivity index (χ2n) is 10.5. The van der Waals surface area contributed by atoms with Gasteiger partial charge in [-0.05, 0) is 61.7 Å². The van der Waals surface area contributed by atoms with Gasteiger partial charge in [0.25, 0.3) is 6.01 Å². The second-order valence-corrected chi connectivity index (χ2v) is 12.8. The van der Waals surface area contributed by atoms with E-state index in [1.54, 1.807) is 32.5 Å². The molecule has 0 bridgehead atoms. The smallest absolute Gasteiger partial charge is 0.293 e. The van der Waals surface area contributed by atoms with Gasteiger partial charge in [-0.2, -0.15) is 4.98 Å². The first-order chi connectivity index (χ1) is 20.6. The molecule has 4 aromatic rings. The van der Waals surface area contributed by atoms with E-state index in [0.29, 0.717) is 46.7 Å². The average molecular weight is 609 g/mol. The largest absolute Gasteiger partial charge is 0.497 e. The van der Waals surface area contributed by atoms with E-state index < -0.39 is 9.84 Å². The molecule has 3 N–H and O–H groups in total. The first-order valence-corrected chi connectivity index (χ1v) is 15.9. The molecule has 1 fully saturated rings. The summed E-state index contributed by atoms with van der Waals surface area (Å²) in [5.41, 5.74) is 9.42. The number of aromatic nitrogens is 3. The standard InChI is InChI=1S/C30H36N6O6S/c1-19-15-21(5-6-26(19)41-22-8-11-36(12-9-22)13-14-43(4,37)38)33-30-32-10-7-25(34-30)28-27(35-29(31)42-28)20-16-23(39-2)18-24(17-20)40-3/h5-7,10,15-18,22H,8-9,11-14H2,1-4H3,(H2,31,35)(H,32,33,34). The van der Waals surface area contributed by atoms with Crippen molar-refractivity contribution in [1.29, 1.82) is 0 Å². The summed E-state index contributed by atoms with van der Waals surface area (Å²) in [7, 11) is 0.196. The molecule has 0 spiro atoms. The maximum absolute atomic E-state index is 11.5. The summed E-state index contributed by atoms with van der Waals surface area (Å²) in [5.74, 6) is 2.96. The predicted octanol–water partition coefficient (Wildman–Crippen LogP) is 4.34. The molecule has 0 unspecified atom stereocenters. The Labute approximate surface area is 251 Å². The number of anilines is 3. The molecule has 3 heterocycles. The molecule has 2 aromatic heterocycles. The number of nitrogens with zero attached hydrogens (tertiary/aromatic N) is 4. The van der Waals surface area contributed by atoms with Crippen LogP contribution < -0.4 is 25.3 Å². The fourth-order valence-electron chi connectivity index (χ4n) is 4.91. The number of oxazole rings is 1. The van der Waals surface area contributed by atoms with Crippen LogP contribution in [-0.2, 0) is 9.84 Å². The van der Waals surface area contributed by atoms with Crippen LogP contribution >= 0.6 is 0 Å². The molecule has 1 saturated heterocycles. The number of nitrogens with two attached hydrogens (primary N) is 1. The van der Waals surface area contributed by atoms with Crippen molar-refractivity contribution in [2.75, 3.05) is 56.9 Å². The Morgan fingerprint density at radius 2 is 1.77 bits per heavy atom. The van der Waals surface area contributed by atoms with Gasteiger partial charge in [-0.3, -0.25) is 0 Å². The number of methoxy groups -OCH3 is 2. The molecule has 228 valence electrons. The van der Waals surface area contributed by atoms with E-state index in [2.05, 4.69) is 25.2 Å². The molecule has 1 aliphatic rings. The van der Waals surface area contributed by atoms with Crippen LogP contribution in [0.5, 0.6) is 17.2 Å². The summed E-state index contributed by atoms with van der Waals surface area (Å²) >= 11 is 0. The number of likely N-dealkylation sites (tertiary alicyclic amines) is 1. The van der Waals surface area contributed by atoms with Gasteiger partial charge >= 0.3 is 0 Å². The lowest BCUT2D eigenvalue weighted by Crippen LogP contribution is -2.40. The lowest BCUT2D eigenvalue weighted by Gasteiger charge is -2.32. The highest BCUT2D eigenvalue weighted by molar-refractivity contribution is 7.90. The van der Waals surface area contributed by atoms with Crippen LogP contribution in [0.25, 0.3) is 22.7 Å². The molecule has 1 aliphatic heterocycles. The highest BCUT2D eigenvalue weighted by Crippen LogP contribution is 2.37. The van der Waals surface area contributed by atoms with Crippen molar-refractivity contribution in [1.82, 2.24) is 19.9 Å². The maximum Gasteiger partial charge on any atom is 0.293 e. The van der Waals surface area contributed by atoms with Gasteiger partial charge in [0.1, 0.15) is 44.6 Å². The molecule has 5 rings (SSSR count). The zero-order valence-electron chi connectivity index (χ0n) is 24.7. The zero-order chi connectivity index (χ0) is 30.6. The molecule has 43 heavy (non-hydrogen) atoms. The van der Waals surface area contributed by atoms with Crippen LogP contribution in [0.1, 0.15) is 18.4 Å². The number of ether oxygens (including phenoxy) is 3. The normalized spacial score (nSPS) is 14.4. The van der Waals surface area contributed by atoms with Gasteiger partial charge < -0.3 is 34.6 Å². The molecular weight excluding hydrogens is 572 g/mol. The molecule has 0 atom stereocenters. The van der Waals surface area contributed by atoms with Crippen molar-refractivity contribution in [2.45, 2.75) is 25.9 Å². The van der Waals surface area contributed by atoms with E-state index in [1.165, 1.54) is 6.26 Å². The summed E-state index contributed by atoms with van der Waals surface area (Å²) in [6, 6.07) is 13.0. The van der Waals surface area contributed by atoms with Crippen molar-refractivity contribution < 1.29 is 27.0 Å². The Kier molecular flexibility index (Phi) is 9.02. The van der Waals surface area contributed by atoms with Crippen LogP contribution in [0, 0.1) is 6.92 Å². The fraction of sp³-hybridized carbons (Fsp3) is 0.367. The highest BCUT2D eigenvalue weighted by atomic mass is 32.2. The van der Waals surface area contributed by atoms with Gasteiger partial charge in [0.05, 0.1) is 20.0 Å². The molecule has 0 radical (unpaired) electrons. The molecule has 13 heteroatoms. The Morgan fingerprint density at radius 1 is 1.05 bits per heavy atom. The molecule has 0 saturated carbocycles. The summed E-state index contributed by atoms with van der Waals surface area (Å²) in [5, 5.41) is 3.25. The minimum absolute atomic E-state index is 0.00528. The quantitative estimate of drug-likeness (QED) is 0.249. The van der Waals surface area contributed by atoms with Crippen LogP contribution in [0.2, 0.25) is 0 Å². The van der Waals surface area contributed by atoms with Crippen molar-refractivity contribution in [3.63, 3.8) is 0 Å². The summed E-state index contributed by atoms with van der Waals surface area (Å²) in [6.45, 7) is 4.19. The third kappa shape index (κ3) is 7.73. The molecule has 0 amide bonds. The fourth-order valence-corrected chi connectivity index (χ4v) is 5.50. The van der Waals surface area contributed by atoms with Crippen molar-refractivity contribution >= 4 is 27.5 Å². The van der Waals surface area contributed by atoms with Crippen molar-refractivity contribution in [3.05, 3.63) is 54.2 Å². The van der Waals surface area contributed by atoms with Crippen molar-refractivity contribution in [3.8, 4) is 40.0 Å². The summed E-state index contributed by atoms with van der Waals surface area (Å²) in [6.07, 6.45) is 4.68. The minimum Gasteiger partial charge on any atom is -0.497 e. The molecule has 12 nitrogen and oxygen atoms in total. The first-order valence-electron chi connectivity index (χ1n) is 13.9. The van der Waals surface area contributed by atoms with Crippen molar-refractivity contribution in [2.24, 2.45) is 0 Å². The van der Waals surface area contributed by atoms with E-state index in [4.69, 9.17) is 24.4 Å². The topological polar surface area (TPSA) is 155 Å². The van der Waals surface area contributed by atoms with Gasteiger partial charge in [-0.15, -0.1) is 0 Å². The predicted molar refractivity (Wildman–Crippen MR) is 165 cm³/mol. The van der Waals surface area contributed by atoms with Gasteiger partial charge in [-0.25, -0.2) is 18.4 Å². The monoisotopic (exact) mass is 608 g/mol. The summed E-state index contributed by atoms with van der Waals surface area (Å²) < 4.78 is 45.8. The number of piperidine rings is 1. The van der Waals surface area contributed by atoms with E-state index in [-0.39, 0.29) is 17.9 Å². The third-order valence-electron chi connectivity index (χ3n) is 7.19. The number of hydrogen-bond acceptors (Lipinski definition) is 12. The maximum atomic E-state index is 11.5. The van der Waals surface area contributed by atoms with E-state index >= 15 is 0 Å². The second kappa shape index (κ2) is 12.9. The lowest BCUT2D eigenvalue weighted by atomic mass is 10.1. The van der Waals surface area contributed by atoms with Gasteiger partial charge in [0, 0.05) is 49.4 Å². The average Bonchev–Trinajstić information content (AvgIpc) is 3.39. The van der Waals surface area contributed by atoms with E-state index in [9.17, 15) is 8.42 Å². The van der Waals surface area contributed by atoms with E-state index in [1.807, 2.05) is 37.3 Å². The number of hydrogen-bond donors (Lipinski definition) is 2. The number of sulfone groups is 1. The highest BCUT2D eigenvalue weighted by Gasteiger charge is 2.22. The minimum atomic E-state index is -2.96. The number of nitrogen functional groups attached to an aromatic ring is 1. The van der Waals surface area contributed by atoms with Gasteiger partial charge in [0.2, 0.25) is 5.95 Å². The third-order valence-corrected chi connectivity index (χ3v) is 8.12. The molecule has 2 aromatic carbocycles. The Morgan fingerprint density at radius 3 is 2.42 bits per heavy atom. The number of benzene rings is 2. The molecule has 0 aliphatic carbocycles. The number of aryl methyl sites for hydroxylation is 1. The van der Waals surface area contributed by atoms with Crippen LogP contribution in [0.4, 0.5) is 17.7 Å². The Hall–Kier alpha value is -4.36. The SMILES string of the molecule is COc1cc(OC)cc(-c2nc(N)oc2-c2ccnc(Nc3ccc(OC4CCN(CCS(C)(=O)=O)CC4)c(C)c3)n2)c1. The molecular formula is C30H36N6O6S. The summed E-state index contributed by atoms with van der Waals surface area (Å²) in [4.78, 5) is 15.6. The zero-order valence-corrected chi connectivity index (χ0v) is 25.5. The van der Waals surface area contributed by atoms with Crippen LogP contribution in [0.3, 0.4) is 0 Å². The number of nitrogens with one attached hydrogen (secondary N) is 1. The Bertz CT molecular complexity index is 1660. The first kappa shape index (κ1) is 30.1. The van der Waals surface area contributed by atoms with Gasteiger partial charge in [-0.1, -0.05) is 0 Å². The van der Waals surface area contributed by atoms with Crippen LogP contribution in [0.15, 0.2) is 53.1 Å². The number of rotatable bonds is 11. The van der Waals surface area contributed by atoms with Gasteiger partial charge in [0.15, 0.2) is 5.76 Å². The Balaban J connectivity index is 1.27. The van der Waals surface area contributed by atoms with E-state index in [0.717, 1.165) is 42.9 Å².